The van der Waals surface area contributed by atoms with Crippen molar-refractivity contribution < 1.29 is 14.3 Å². The average Bonchev–Trinajstić information content (AvgIpc) is 2.61. The van der Waals surface area contributed by atoms with Crippen molar-refractivity contribution in [1.29, 1.82) is 0 Å². The van der Waals surface area contributed by atoms with E-state index in [0.717, 1.165) is 5.56 Å². The summed E-state index contributed by atoms with van der Waals surface area (Å²) in [6, 6.07) is 10.6. The van der Waals surface area contributed by atoms with Crippen LogP contribution in [0, 0.1) is 0 Å². The minimum atomic E-state index is -0.317. The number of benzene rings is 1. The number of amides is 1. The number of aromatic nitrogens is 1. The highest BCUT2D eigenvalue weighted by Crippen LogP contribution is 2.13. The van der Waals surface area contributed by atoms with Crippen LogP contribution in [0.1, 0.15) is 16.1 Å². The van der Waals surface area contributed by atoms with E-state index in [9.17, 15) is 4.79 Å². The van der Waals surface area contributed by atoms with Crippen LogP contribution in [0.4, 0.5) is 11.4 Å². The molecule has 2 rings (SSSR count). The zero-order chi connectivity index (χ0) is 18.1. The van der Waals surface area contributed by atoms with Gasteiger partial charge in [-0.15, -0.1) is 0 Å². The number of carbonyl (C=O) groups excluding carboxylic acids is 1. The minimum Gasteiger partial charge on any atom is -0.463 e. The monoisotopic (exact) mass is 343 g/mol. The third-order valence-electron chi connectivity index (χ3n) is 3.16. The lowest BCUT2D eigenvalue weighted by Gasteiger charge is -2.07. The molecular formula is C17H21N5O3. The Morgan fingerprint density at radius 2 is 2.12 bits per heavy atom. The highest BCUT2D eigenvalue weighted by molar-refractivity contribution is 6.02. The van der Waals surface area contributed by atoms with Crippen molar-refractivity contribution in [2.45, 2.75) is 6.54 Å². The molecular weight excluding hydrogens is 322 g/mol. The van der Waals surface area contributed by atoms with Crippen LogP contribution in [-0.4, -0.2) is 37.2 Å². The van der Waals surface area contributed by atoms with Crippen LogP contribution < -0.4 is 16.8 Å². The number of methoxy groups -OCH3 is 1. The molecule has 0 aliphatic rings. The highest BCUT2D eigenvalue weighted by atomic mass is 16.5. The lowest BCUT2D eigenvalue weighted by atomic mass is 10.2. The van der Waals surface area contributed by atoms with E-state index in [-0.39, 0.29) is 17.6 Å². The summed E-state index contributed by atoms with van der Waals surface area (Å²) in [5.74, 6) is -0.317. The van der Waals surface area contributed by atoms with Crippen LogP contribution in [0.3, 0.4) is 0 Å². The molecule has 1 heterocycles. The second-order valence-corrected chi connectivity index (χ2v) is 5.13. The Morgan fingerprint density at radius 1 is 1.28 bits per heavy atom. The molecule has 2 aromatic rings. The Hall–Kier alpha value is -3.13. The number of carbonyl (C=O) groups is 1. The summed E-state index contributed by atoms with van der Waals surface area (Å²) in [7, 11) is 1.58. The molecule has 8 heteroatoms. The number of aliphatic imine (C=N–C) groups is 1. The summed E-state index contributed by atoms with van der Waals surface area (Å²) in [5, 5.41) is 2.78. The Kier molecular flexibility index (Phi) is 6.73. The van der Waals surface area contributed by atoms with Crippen molar-refractivity contribution >= 4 is 23.3 Å². The molecule has 0 fully saturated rings. The van der Waals surface area contributed by atoms with Gasteiger partial charge >= 0.3 is 0 Å². The number of nitrogens with two attached hydrogens (primary N) is 2. The summed E-state index contributed by atoms with van der Waals surface area (Å²) in [6.07, 6.45) is 1.44. The number of nitrogens with one attached hydrogen (secondary N) is 1. The van der Waals surface area contributed by atoms with Gasteiger partial charge in [-0.25, -0.2) is 9.98 Å². The topological polar surface area (TPSA) is 125 Å². The van der Waals surface area contributed by atoms with E-state index in [4.69, 9.17) is 20.9 Å². The quantitative estimate of drug-likeness (QED) is 0.396. The van der Waals surface area contributed by atoms with Gasteiger partial charge in [0, 0.05) is 12.8 Å². The fraction of sp³-hybridized carbons (Fsp3) is 0.235. The number of nitrogen functional groups attached to an aromatic ring is 1. The maximum atomic E-state index is 12.2. The summed E-state index contributed by atoms with van der Waals surface area (Å²) >= 11 is 0. The second-order valence-electron chi connectivity index (χ2n) is 5.13. The third kappa shape index (κ3) is 6.11. The van der Waals surface area contributed by atoms with Gasteiger partial charge in [-0.3, -0.25) is 4.79 Å². The first-order valence-electron chi connectivity index (χ1n) is 7.62. The molecule has 0 bridgehead atoms. The van der Waals surface area contributed by atoms with E-state index >= 15 is 0 Å². The predicted molar refractivity (Wildman–Crippen MR) is 96.2 cm³/mol. The van der Waals surface area contributed by atoms with Gasteiger partial charge in [0.05, 0.1) is 25.0 Å². The molecule has 0 unspecified atom stereocenters. The van der Waals surface area contributed by atoms with E-state index in [1.165, 1.54) is 6.20 Å². The summed E-state index contributed by atoms with van der Waals surface area (Å²) in [4.78, 5) is 20.3. The maximum absolute atomic E-state index is 12.2. The van der Waals surface area contributed by atoms with E-state index in [1.807, 2.05) is 12.1 Å². The smallest absolute Gasteiger partial charge is 0.282 e. The maximum Gasteiger partial charge on any atom is 0.282 e. The Labute approximate surface area is 145 Å². The fourth-order valence-electron chi connectivity index (χ4n) is 1.93. The molecule has 0 radical (unpaired) electrons. The predicted octanol–water partition coefficient (Wildman–Crippen LogP) is 1.39. The molecule has 0 aliphatic heterocycles. The van der Waals surface area contributed by atoms with E-state index in [2.05, 4.69) is 15.3 Å². The van der Waals surface area contributed by atoms with Crippen LogP contribution in [-0.2, 0) is 16.0 Å². The van der Waals surface area contributed by atoms with Gasteiger partial charge in [-0.1, -0.05) is 12.1 Å². The number of ether oxygens (including phenoxy) is 2. The molecule has 1 amide bonds. The number of hydrogen-bond acceptors (Lipinski definition) is 6. The van der Waals surface area contributed by atoms with E-state index in [0.29, 0.717) is 31.1 Å². The van der Waals surface area contributed by atoms with Crippen molar-refractivity contribution in [1.82, 2.24) is 4.98 Å². The first-order chi connectivity index (χ1) is 12.1. The van der Waals surface area contributed by atoms with Gasteiger partial charge in [0.2, 0.25) is 0 Å². The number of hydrogen-bond donors (Lipinski definition) is 3. The van der Waals surface area contributed by atoms with Gasteiger partial charge in [0.15, 0.2) is 0 Å². The van der Waals surface area contributed by atoms with Gasteiger partial charge in [0.25, 0.3) is 11.9 Å². The van der Waals surface area contributed by atoms with Crippen LogP contribution in [0.5, 0.6) is 0 Å². The van der Waals surface area contributed by atoms with E-state index < -0.39 is 0 Å². The summed E-state index contributed by atoms with van der Waals surface area (Å²) in [5.41, 5.74) is 13.5. The number of pyridine rings is 1. The summed E-state index contributed by atoms with van der Waals surface area (Å²) in [6.45, 7) is 1.12. The molecule has 132 valence electrons. The van der Waals surface area contributed by atoms with Crippen molar-refractivity contribution in [3.8, 4) is 0 Å². The van der Waals surface area contributed by atoms with Crippen LogP contribution in [0.25, 0.3) is 0 Å². The third-order valence-corrected chi connectivity index (χ3v) is 3.16. The standard InChI is InChI=1S/C17H21N5O3/c1-24-7-8-25-17(19)21-10-12-3-2-4-14(9-12)22-16(23)15-6-5-13(18)11-20-15/h2-6,9,11H,7-8,10,18H2,1H3,(H2,19,21)(H,22,23). The first kappa shape index (κ1) is 18.2. The molecule has 1 aromatic heterocycles. The zero-order valence-electron chi connectivity index (χ0n) is 13.9. The molecule has 0 saturated heterocycles. The molecule has 0 aliphatic carbocycles. The fourth-order valence-corrected chi connectivity index (χ4v) is 1.93. The van der Waals surface area contributed by atoms with Crippen molar-refractivity contribution in [3.05, 3.63) is 53.9 Å². The Balaban J connectivity index is 1.95. The molecule has 8 nitrogen and oxygen atoms in total. The lowest BCUT2D eigenvalue weighted by molar-refractivity contribution is 0.102. The zero-order valence-corrected chi connectivity index (χ0v) is 13.9. The van der Waals surface area contributed by atoms with Crippen molar-refractivity contribution in [2.75, 3.05) is 31.4 Å². The van der Waals surface area contributed by atoms with E-state index in [1.54, 1.807) is 31.4 Å². The van der Waals surface area contributed by atoms with Crippen LogP contribution in [0.2, 0.25) is 0 Å². The number of nitrogens with zero attached hydrogens (tertiary/aromatic N) is 2. The summed E-state index contributed by atoms with van der Waals surface area (Å²) < 4.78 is 10.0. The molecule has 0 atom stereocenters. The number of anilines is 2. The normalized spacial score (nSPS) is 11.2. The van der Waals surface area contributed by atoms with Gasteiger partial charge in [0.1, 0.15) is 12.3 Å². The molecule has 5 N–H and O–H groups in total. The molecule has 0 saturated carbocycles. The Morgan fingerprint density at radius 3 is 2.84 bits per heavy atom. The van der Waals surface area contributed by atoms with Crippen LogP contribution >= 0.6 is 0 Å². The van der Waals surface area contributed by atoms with Gasteiger partial charge in [-0.05, 0) is 29.8 Å². The van der Waals surface area contributed by atoms with Crippen LogP contribution in [0.15, 0.2) is 47.6 Å². The highest BCUT2D eigenvalue weighted by Gasteiger charge is 2.07. The molecule has 0 spiro atoms. The van der Waals surface area contributed by atoms with Gasteiger partial charge in [-0.2, -0.15) is 0 Å². The SMILES string of the molecule is COCCOC(N)=NCc1cccc(NC(=O)c2ccc(N)cn2)c1. The average molecular weight is 343 g/mol. The largest absolute Gasteiger partial charge is 0.463 e. The lowest BCUT2D eigenvalue weighted by Crippen LogP contribution is -2.19. The Bertz CT molecular complexity index is 731. The van der Waals surface area contributed by atoms with Crippen molar-refractivity contribution in [3.63, 3.8) is 0 Å². The first-order valence-corrected chi connectivity index (χ1v) is 7.62. The van der Waals surface area contributed by atoms with Gasteiger partial charge < -0.3 is 26.3 Å². The molecule has 25 heavy (non-hydrogen) atoms. The number of amidine groups is 1. The minimum absolute atomic E-state index is 0.0950. The number of rotatable bonds is 7. The second kappa shape index (κ2) is 9.24. The van der Waals surface area contributed by atoms with Crippen molar-refractivity contribution in [2.24, 2.45) is 10.7 Å². The molecule has 1 aromatic carbocycles.